The van der Waals surface area contributed by atoms with Crippen LogP contribution < -0.4 is 10.6 Å². The van der Waals surface area contributed by atoms with Gasteiger partial charge in [-0.15, -0.1) is 29.9 Å². The van der Waals surface area contributed by atoms with E-state index in [0.717, 1.165) is 18.9 Å². The molecule has 0 atom stereocenters. The van der Waals surface area contributed by atoms with E-state index in [1.165, 1.54) is 0 Å². The van der Waals surface area contributed by atoms with Gasteiger partial charge in [0.1, 0.15) is 5.82 Å². The van der Waals surface area contributed by atoms with Crippen LogP contribution in [0.3, 0.4) is 0 Å². The second kappa shape index (κ2) is 5.96. The molecule has 2 heterocycles. The van der Waals surface area contributed by atoms with Crippen LogP contribution in [-0.4, -0.2) is 29.3 Å². The van der Waals surface area contributed by atoms with E-state index in [1.807, 2.05) is 12.1 Å². The number of hydrogen-bond acceptors (Lipinski definition) is 4. The number of aromatic nitrogens is 2. The van der Waals surface area contributed by atoms with Gasteiger partial charge in [-0.05, 0) is 12.1 Å². The summed E-state index contributed by atoms with van der Waals surface area (Å²) in [5.74, 6) is 0.860. The lowest BCUT2D eigenvalue weighted by Crippen LogP contribution is -2.51. The molecule has 0 saturated carbocycles. The molecule has 0 amide bonds. The normalized spacial score (nSPS) is 14.8. The molecule has 1 aromatic heterocycles. The summed E-state index contributed by atoms with van der Waals surface area (Å²) in [4.78, 5) is 0. The summed E-state index contributed by atoms with van der Waals surface area (Å²) in [5.41, 5.74) is 0. The van der Waals surface area contributed by atoms with Crippen LogP contribution in [0.15, 0.2) is 18.3 Å². The Kier molecular flexibility index (Phi) is 5.70. The quantitative estimate of drug-likeness (QED) is 0.775. The van der Waals surface area contributed by atoms with Crippen LogP contribution >= 0.6 is 24.8 Å². The summed E-state index contributed by atoms with van der Waals surface area (Å²) in [7, 11) is 0. The zero-order valence-corrected chi connectivity index (χ0v) is 8.57. The molecule has 6 heteroatoms. The number of halogens is 2. The first kappa shape index (κ1) is 12.4. The van der Waals surface area contributed by atoms with Crippen molar-refractivity contribution in [3.63, 3.8) is 0 Å². The maximum atomic E-state index is 3.91. The number of nitrogens with one attached hydrogen (secondary N) is 2. The van der Waals surface area contributed by atoms with E-state index in [0.29, 0.717) is 6.04 Å². The maximum Gasteiger partial charge on any atom is 0.148 e. The van der Waals surface area contributed by atoms with Crippen LogP contribution in [-0.2, 0) is 0 Å². The molecule has 2 rings (SSSR count). The highest BCUT2D eigenvalue weighted by Gasteiger charge is 2.15. The Labute approximate surface area is 89.3 Å². The molecule has 0 radical (unpaired) electrons. The van der Waals surface area contributed by atoms with Crippen molar-refractivity contribution < 1.29 is 0 Å². The van der Waals surface area contributed by atoms with E-state index in [-0.39, 0.29) is 24.8 Å². The van der Waals surface area contributed by atoms with Crippen molar-refractivity contribution in [2.24, 2.45) is 0 Å². The number of nitrogens with zero attached hydrogens (tertiary/aromatic N) is 2. The van der Waals surface area contributed by atoms with Crippen LogP contribution in [0.5, 0.6) is 0 Å². The van der Waals surface area contributed by atoms with Crippen molar-refractivity contribution in [1.82, 2.24) is 15.5 Å². The first-order valence-electron chi connectivity index (χ1n) is 3.70. The van der Waals surface area contributed by atoms with Crippen LogP contribution in [0.25, 0.3) is 0 Å². The third-order valence-electron chi connectivity index (χ3n) is 1.71. The molecule has 0 aliphatic carbocycles. The predicted molar refractivity (Wildman–Crippen MR) is 56.8 cm³/mol. The van der Waals surface area contributed by atoms with Gasteiger partial charge in [-0.3, -0.25) is 0 Å². The molecular formula is C7H12Cl2N4. The second-order valence-corrected chi connectivity index (χ2v) is 2.61. The average molecular weight is 223 g/mol. The van der Waals surface area contributed by atoms with E-state index < -0.39 is 0 Å². The van der Waals surface area contributed by atoms with Gasteiger partial charge < -0.3 is 10.6 Å². The van der Waals surface area contributed by atoms with Gasteiger partial charge in [-0.2, -0.15) is 5.10 Å². The molecule has 1 saturated heterocycles. The molecule has 4 nitrogen and oxygen atoms in total. The lowest BCUT2D eigenvalue weighted by molar-refractivity contribution is 0.470. The van der Waals surface area contributed by atoms with Crippen LogP contribution in [0, 0.1) is 0 Å². The zero-order chi connectivity index (χ0) is 7.52. The maximum absolute atomic E-state index is 3.91. The molecule has 1 aliphatic heterocycles. The standard InChI is InChI=1S/C7H10N4.2ClH/c1-2-7(11-9-3-1)10-6-4-8-5-6;;/h1-3,6,8H,4-5H2,(H,10,11);2*1H. The van der Waals surface area contributed by atoms with Crippen LogP contribution in [0.4, 0.5) is 5.82 Å². The molecule has 1 fully saturated rings. The Bertz CT molecular complexity index is 227. The third-order valence-corrected chi connectivity index (χ3v) is 1.71. The fraction of sp³-hybridized carbons (Fsp3) is 0.429. The van der Waals surface area contributed by atoms with Gasteiger partial charge >= 0.3 is 0 Å². The van der Waals surface area contributed by atoms with Gasteiger partial charge in [0.25, 0.3) is 0 Å². The first-order valence-corrected chi connectivity index (χ1v) is 3.70. The minimum Gasteiger partial charge on any atom is -0.363 e. The number of anilines is 1. The molecule has 74 valence electrons. The molecule has 0 unspecified atom stereocenters. The third kappa shape index (κ3) is 3.34. The largest absolute Gasteiger partial charge is 0.363 e. The highest BCUT2D eigenvalue weighted by Crippen LogP contribution is 2.03. The molecule has 0 spiro atoms. The Balaban J connectivity index is 0.000000720. The first-order chi connectivity index (χ1) is 5.45. The number of hydrogen-bond donors (Lipinski definition) is 2. The van der Waals surface area contributed by atoms with E-state index >= 15 is 0 Å². The molecule has 1 aromatic rings. The monoisotopic (exact) mass is 222 g/mol. The highest BCUT2D eigenvalue weighted by atomic mass is 35.5. The molecule has 0 aromatic carbocycles. The van der Waals surface area contributed by atoms with Crippen molar-refractivity contribution in [1.29, 1.82) is 0 Å². The SMILES string of the molecule is Cl.Cl.c1cnnc(NC2CNC2)c1. The van der Waals surface area contributed by atoms with E-state index in [9.17, 15) is 0 Å². The van der Waals surface area contributed by atoms with Gasteiger partial charge in [0, 0.05) is 19.3 Å². The Morgan fingerprint density at radius 1 is 1.38 bits per heavy atom. The van der Waals surface area contributed by atoms with Crippen molar-refractivity contribution in [2.45, 2.75) is 6.04 Å². The van der Waals surface area contributed by atoms with Gasteiger partial charge in [0.2, 0.25) is 0 Å². The minimum atomic E-state index is 0. The lowest BCUT2D eigenvalue weighted by Gasteiger charge is -2.27. The topological polar surface area (TPSA) is 49.8 Å². The van der Waals surface area contributed by atoms with Crippen molar-refractivity contribution >= 4 is 30.6 Å². The van der Waals surface area contributed by atoms with Crippen molar-refractivity contribution in [3.8, 4) is 0 Å². The summed E-state index contributed by atoms with van der Waals surface area (Å²) in [6.45, 7) is 2.05. The van der Waals surface area contributed by atoms with Crippen LogP contribution in [0.1, 0.15) is 0 Å². The molecule has 13 heavy (non-hydrogen) atoms. The van der Waals surface area contributed by atoms with Crippen molar-refractivity contribution in [3.05, 3.63) is 18.3 Å². The smallest absolute Gasteiger partial charge is 0.148 e. The van der Waals surface area contributed by atoms with Crippen molar-refractivity contribution in [2.75, 3.05) is 18.4 Å². The van der Waals surface area contributed by atoms with Crippen LogP contribution in [0.2, 0.25) is 0 Å². The molecule has 0 bridgehead atoms. The van der Waals surface area contributed by atoms with Gasteiger partial charge in [0.05, 0.1) is 6.04 Å². The van der Waals surface area contributed by atoms with Gasteiger partial charge in [0.15, 0.2) is 0 Å². The van der Waals surface area contributed by atoms with E-state index in [2.05, 4.69) is 20.8 Å². The minimum absolute atomic E-state index is 0. The Hall–Kier alpha value is -0.580. The number of rotatable bonds is 2. The average Bonchev–Trinajstić information content (AvgIpc) is 1.99. The lowest BCUT2D eigenvalue weighted by atomic mass is 10.2. The fourth-order valence-electron chi connectivity index (χ4n) is 0.978. The summed E-state index contributed by atoms with van der Waals surface area (Å²) in [5, 5.41) is 14.1. The predicted octanol–water partition coefficient (Wildman–Crippen LogP) is 0.704. The highest BCUT2D eigenvalue weighted by molar-refractivity contribution is 5.85. The molecule has 1 aliphatic rings. The molecule has 2 N–H and O–H groups in total. The van der Waals surface area contributed by atoms with Gasteiger partial charge in [-0.25, -0.2) is 0 Å². The Morgan fingerprint density at radius 2 is 2.15 bits per heavy atom. The second-order valence-electron chi connectivity index (χ2n) is 2.61. The van der Waals surface area contributed by atoms with E-state index in [4.69, 9.17) is 0 Å². The summed E-state index contributed by atoms with van der Waals surface area (Å²) in [6.07, 6.45) is 1.67. The summed E-state index contributed by atoms with van der Waals surface area (Å²) < 4.78 is 0. The summed E-state index contributed by atoms with van der Waals surface area (Å²) in [6, 6.07) is 4.33. The fourth-order valence-corrected chi connectivity index (χ4v) is 0.978. The van der Waals surface area contributed by atoms with E-state index in [1.54, 1.807) is 6.20 Å². The Morgan fingerprint density at radius 3 is 2.62 bits per heavy atom. The molecular weight excluding hydrogens is 211 g/mol. The summed E-state index contributed by atoms with van der Waals surface area (Å²) >= 11 is 0. The zero-order valence-electron chi connectivity index (χ0n) is 6.93. The van der Waals surface area contributed by atoms with Gasteiger partial charge in [-0.1, -0.05) is 0 Å².